The van der Waals surface area contributed by atoms with Gasteiger partial charge in [-0.25, -0.2) is 4.79 Å². The van der Waals surface area contributed by atoms with Gasteiger partial charge in [-0.15, -0.1) is 0 Å². The van der Waals surface area contributed by atoms with Crippen molar-refractivity contribution in [3.63, 3.8) is 0 Å². The van der Waals surface area contributed by atoms with Crippen LogP contribution >= 0.6 is 11.1 Å². The molecule has 0 amide bonds. The molecule has 1 aromatic heterocycles. The predicted octanol–water partition coefficient (Wildman–Crippen LogP) is 4.31. The van der Waals surface area contributed by atoms with E-state index in [1.165, 1.54) is 6.07 Å². The number of benzene rings is 1. The Labute approximate surface area is 124 Å². The lowest BCUT2D eigenvalue weighted by molar-refractivity contribution is 0.315. The quantitative estimate of drug-likeness (QED) is 0.480. The summed E-state index contributed by atoms with van der Waals surface area (Å²) in [5, 5.41) is 0.928. The molecule has 1 aromatic carbocycles. The zero-order valence-electron chi connectivity index (χ0n) is 12.2. The highest BCUT2D eigenvalue weighted by Gasteiger charge is 2.26. The fourth-order valence-electron chi connectivity index (χ4n) is 1.81. The lowest BCUT2D eigenvalue weighted by Crippen LogP contribution is -2.27. The minimum Gasteiger partial charge on any atom is -0.493 e. The van der Waals surface area contributed by atoms with Gasteiger partial charge < -0.3 is 9.15 Å². The van der Waals surface area contributed by atoms with Crippen LogP contribution in [0, 0.1) is 6.92 Å². The van der Waals surface area contributed by atoms with Gasteiger partial charge in [-0.2, -0.15) is 11.1 Å². The molecule has 0 radical (unpaired) electrons. The number of rotatable bonds is 4. The Morgan fingerprint density at radius 1 is 1.35 bits per heavy atom. The van der Waals surface area contributed by atoms with Gasteiger partial charge in [0, 0.05) is 17.5 Å². The average Bonchev–Trinajstić information content (AvgIpc) is 2.33. The predicted molar refractivity (Wildman–Crippen MR) is 85.5 cm³/mol. The first-order valence-corrected chi connectivity index (χ1v) is 10.7. The van der Waals surface area contributed by atoms with Gasteiger partial charge in [-0.05, 0) is 30.2 Å². The molecule has 0 fully saturated rings. The number of hydrogen-bond donors (Lipinski definition) is 0. The van der Waals surface area contributed by atoms with Crippen molar-refractivity contribution in [1.82, 2.24) is 0 Å². The average molecular weight is 311 g/mol. The lowest BCUT2D eigenvalue weighted by Gasteiger charge is -2.22. The molecule has 5 heteroatoms. The second kappa shape index (κ2) is 5.62. The summed E-state index contributed by atoms with van der Waals surface area (Å²) in [7, 11) is -1.71. The first-order valence-electron chi connectivity index (χ1n) is 6.63. The summed E-state index contributed by atoms with van der Waals surface area (Å²) in [5.74, 6) is 0.702. The van der Waals surface area contributed by atoms with Crippen LogP contribution in [0.5, 0.6) is 5.75 Å². The molecular formula is C15H19ClO3Si. The number of ether oxygens (including phenoxy) is 1. The number of halogens is 1. The van der Waals surface area contributed by atoms with Gasteiger partial charge in [0.2, 0.25) is 0 Å². The van der Waals surface area contributed by atoms with Crippen molar-refractivity contribution in [1.29, 1.82) is 0 Å². The van der Waals surface area contributed by atoms with Crippen LogP contribution in [0.1, 0.15) is 12.5 Å². The molecule has 2 aromatic rings. The van der Waals surface area contributed by atoms with E-state index in [0.717, 1.165) is 10.9 Å². The molecule has 1 heterocycles. The van der Waals surface area contributed by atoms with Gasteiger partial charge in [0.1, 0.15) is 11.3 Å². The molecule has 0 aliphatic heterocycles. The van der Waals surface area contributed by atoms with Crippen LogP contribution in [0.3, 0.4) is 0 Å². The van der Waals surface area contributed by atoms with Crippen LogP contribution in [-0.4, -0.2) is 14.0 Å². The van der Waals surface area contributed by atoms with Gasteiger partial charge in [0.05, 0.1) is 6.61 Å². The van der Waals surface area contributed by atoms with E-state index >= 15 is 0 Å². The topological polar surface area (TPSA) is 39.4 Å². The van der Waals surface area contributed by atoms with Crippen LogP contribution < -0.4 is 10.4 Å². The Bertz CT molecular complexity index is 673. The summed E-state index contributed by atoms with van der Waals surface area (Å²) in [6.07, 6.45) is 0. The molecule has 20 heavy (non-hydrogen) atoms. The SMILES string of the molecule is Cc1cc(=O)oc2cc(OCC(C)[Si](C)(C)Cl)ccc12. The molecule has 0 aliphatic rings. The summed E-state index contributed by atoms with van der Waals surface area (Å²) in [6, 6.07) is 7.06. The number of aryl methyl sites for hydroxylation is 1. The van der Waals surface area contributed by atoms with E-state index < -0.39 is 7.38 Å². The zero-order chi connectivity index (χ0) is 14.9. The largest absolute Gasteiger partial charge is 0.493 e. The van der Waals surface area contributed by atoms with Gasteiger partial charge in [-0.3, -0.25) is 0 Å². The molecule has 0 saturated carbocycles. The van der Waals surface area contributed by atoms with E-state index in [1.807, 2.05) is 19.1 Å². The van der Waals surface area contributed by atoms with Crippen LogP contribution in [0.2, 0.25) is 18.6 Å². The van der Waals surface area contributed by atoms with E-state index in [0.29, 0.717) is 23.5 Å². The van der Waals surface area contributed by atoms with Crippen molar-refractivity contribution < 1.29 is 9.15 Å². The number of hydrogen-bond acceptors (Lipinski definition) is 3. The maximum absolute atomic E-state index is 11.4. The Hall–Kier alpha value is -1.26. The molecular weight excluding hydrogens is 292 g/mol. The maximum Gasteiger partial charge on any atom is 0.336 e. The van der Waals surface area contributed by atoms with Crippen LogP contribution in [0.15, 0.2) is 33.5 Å². The molecule has 0 spiro atoms. The lowest BCUT2D eigenvalue weighted by atomic mass is 10.1. The molecule has 3 nitrogen and oxygen atoms in total. The van der Waals surface area contributed by atoms with Crippen LogP contribution in [0.25, 0.3) is 11.0 Å². The third-order valence-corrected chi connectivity index (χ3v) is 7.22. The Balaban J connectivity index is 2.22. The maximum atomic E-state index is 11.4. The normalized spacial score (nSPS) is 13.4. The summed E-state index contributed by atoms with van der Waals surface area (Å²) in [5.41, 5.74) is 1.46. The van der Waals surface area contributed by atoms with Crippen molar-refractivity contribution in [2.75, 3.05) is 6.61 Å². The van der Waals surface area contributed by atoms with Gasteiger partial charge in [0.25, 0.3) is 0 Å². The van der Waals surface area contributed by atoms with Crippen molar-refractivity contribution >= 4 is 29.4 Å². The third kappa shape index (κ3) is 3.44. The second-order valence-corrected chi connectivity index (χ2v) is 12.7. The smallest absolute Gasteiger partial charge is 0.336 e. The van der Waals surface area contributed by atoms with E-state index in [2.05, 4.69) is 20.0 Å². The van der Waals surface area contributed by atoms with E-state index in [1.54, 1.807) is 6.07 Å². The highest BCUT2D eigenvalue weighted by molar-refractivity contribution is 7.19. The second-order valence-electron chi connectivity index (χ2n) is 5.68. The minimum absolute atomic E-state index is 0.337. The van der Waals surface area contributed by atoms with E-state index in [4.69, 9.17) is 20.2 Å². The Morgan fingerprint density at radius 3 is 2.70 bits per heavy atom. The standard InChI is InChI=1S/C15H19ClO3Si/c1-10-7-15(17)19-14-8-12(5-6-13(10)14)18-9-11(2)20(3,4)16/h5-8,11H,9H2,1-4H3. The zero-order valence-corrected chi connectivity index (χ0v) is 14.0. The third-order valence-electron chi connectivity index (χ3n) is 3.59. The molecule has 2 rings (SSSR count). The Morgan fingerprint density at radius 2 is 2.05 bits per heavy atom. The molecule has 0 bridgehead atoms. The van der Waals surface area contributed by atoms with E-state index in [9.17, 15) is 4.79 Å². The van der Waals surface area contributed by atoms with Crippen LogP contribution in [0.4, 0.5) is 0 Å². The van der Waals surface area contributed by atoms with Crippen LogP contribution in [-0.2, 0) is 0 Å². The fraction of sp³-hybridized carbons (Fsp3) is 0.400. The fourth-order valence-corrected chi connectivity index (χ4v) is 2.48. The molecule has 0 N–H and O–H groups in total. The van der Waals surface area contributed by atoms with Gasteiger partial charge in [-0.1, -0.05) is 20.0 Å². The van der Waals surface area contributed by atoms with Crippen molar-refractivity contribution in [3.8, 4) is 5.75 Å². The van der Waals surface area contributed by atoms with Crippen molar-refractivity contribution in [2.24, 2.45) is 0 Å². The van der Waals surface area contributed by atoms with E-state index in [-0.39, 0.29) is 5.63 Å². The molecule has 1 unspecified atom stereocenters. The first-order chi connectivity index (χ1) is 9.27. The minimum atomic E-state index is -1.71. The summed E-state index contributed by atoms with van der Waals surface area (Å²) in [6.45, 7) is 8.77. The summed E-state index contributed by atoms with van der Waals surface area (Å²) < 4.78 is 11.0. The molecule has 1 atom stereocenters. The monoisotopic (exact) mass is 310 g/mol. The van der Waals surface area contributed by atoms with Crippen molar-refractivity contribution in [3.05, 3.63) is 40.2 Å². The highest BCUT2D eigenvalue weighted by Crippen LogP contribution is 2.27. The summed E-state index contributed by atoms with van der Waals surface area (Å²) >= 11 is 6.39. The number of fused-ring (bicyclic) bond motifs is 1. The van der Waals surface area contributed by atoms with Crippen molar-refractivity contribution in [2.45, 2.75) is 32.5 Å². The summed E-state index contributed by atoms with van der Waals surface area (Å²) in [4.78, 5) is 11.4. The Kier molecular flexibility index (Phi) is 4.25. The molecule has 0 saturated heterocycles. The molecule has 0 aliphatic carbocycles. The first kappa shape index (κ1) is 15.1. The van der Waals surface area contributed by atoms with Gasteiger partial charge >= 0.3 is 5.63 Å². The highest BCUT2D eigenvalue weighted by atomic mass is 35.6. The van der Waals surface area contributed by atoms with Gasteiger partial charge in [0.15, 0.2) is 7.38 Å². The molecule has 108 valence electrons.